The number of aliphatic hydroxyl groups is 2. The molecule has 0 bridgehead atoms. The van der Waals surface area contributed by atoms with Crippen molar-refractivity contribution in [1.29, 1.82) is 0 Å². The standard InChI is InChI=1S/C14H22O4/c1-4-10(8-12(16)9(2)15)11-6-5-7-13(18-3)14(11)17/h5-7,9-10,12,15-17H,4,8H2,1-3H3. The summed E-state index contributed by atoms with van der Waals surface area (Å²) in [6.45, 7) is 3.54. The Hall–Kier alpha value is -1.26. The van der Waals surface area contributed by atoms with E-state index in [1.54, 1.807) is 13.0 Å². The highest BCUT2D eigenvalue weighted by Gasteiger charge is 2.21. The highest BCUT2D eigenvalue weighted by atomic mass is 16.5. The quantitative estimate of drug-likeness (QED) is 0.726. The van der Waals surface area contributed by atoms with E-state index in [9.17, 15) is 15.3 Å². The van der Waals surface area contributed by atoms with E-state index in [2.05, 4.69) is 0 Å². The van der Waals surface area contributed by atoms with Gasteiger partial charge in [-0.05, 0) is 31.7 Å². The Bertz CT molecular complexity index is 376. The van der Waals surface area contributed by atoms with Gasteiger partial charge in [0.2, 0.25) is 0 Å². The third kappa shape index (κ3) is 3.37. The van der Waals surface area contributed by atoms with E-state index in [1.807, 2.05) is 19.1 Å². The summed E-state index contributed by atoms with van der Waals surface area (Å²) >= 11 is 0. The van der Waals surface area contributed by atoms with Gasteiger partial charge in [0.25, 0.3) is 0 Å². The summed E-state index contributed by atoms with van der Waals surface area (Å²) in [5, 5.41) is 29.2. The van der Waals surface area contributed by atoms with Gasteiger partial charge in [-0.3, -0.25) is 0 Å². The zero-order valence-corrected chi connectivity index (χ0v) is 11.1. The predicted molar refractivity (Wildman–Crippen MR) is 70.0 cm³/mol. The van der Waals surface area contributed by atoms with Crippen molar-refractivity contribution in [3.63, 3.8) is 0 Å². The van der Waals surface area contributed by atoms with Gasteiger partial charge in [0.05, 0.1) is 19.3 Å². The van der Waals surface area contributed by atoms with E-state index in [0.29, 0.717) is 12.2 Å². The molecule has 3 N–H and O–H groups in total. The highest BCUT2D eigenvalue weighted by molar-refractivity contribution is 5.47. The molecule has 0 saturated carbocycles. The molecular weight excluding hydrogens is 232 g/mol. The number of para-hydroxylation sites is 1. The minimum atomic E-state index is -0.791. The minimum Gasteiger partial charge on any atom is -0.504 e. The second kappa shape index (κ2) is 6.61. The number of aliphatic hydroxyl groups excluding tert-OH is 2. The second-order valence-corrected chi connectivity index (χ2v) is 4.55. The van der Waals surface area contributed by atoms with Gasteiger partial charge in [0.15, 0.2) is 11.5 Å². The smallest absolute Gasteiger partial charge is 0.161 e. The molecule has 0 amide bonds. The number of phenols is 1. The molecule has 0 aliphatic rings. The van der Waals surface area contributed by atoms with Gasteiger partial charge in [-0.2, -0.15) is 0 Å². The average Bonchev–Trinajstić information content (AvgIpc) is 2.36. The summed E-state index contributed by atoms with van der Waals surface area (Å²) in [6.07, 6.45) is -0.383. The monoisotopic (exact) mass is 254 g/mol. The molecule has 102 valence electrons. The number of phenolic OH excluding ortho intramolecular Hbond substituents is 1. The average molecular weight is 254 g/mol. The van der Waals surface area contributed by atoms with Crippen LogP contribution in [0, 0.1) is 0 Å². The van der Waals surface area contributed by atoms with Crippen LogP contribution in [0.4, 0.5) is 0 Å². The number of methoxy groups -OCH3 is 1. The van der Waals surface area contributed by atoms with Crippen LogP contribution in [-0.2, 0) is 0 Å². The van der Waals surface area contributed by atoms with Crippen molar-refractivity contribution < 1.29 is 20.1 Å². The number of hydrogen-bond acceptors (Lipinski definition) is 4. The molecule has 0 fully saturated rings. The van der Waals surface area contributed by atoms with Crippen molar-refractivity contribution >= 4 is 0 Å². The van der Waals surface area contributed by atoms with Crippen molar-refractivity contribution in [2.45, 2.75) is 44.8 Å². The van der Waals surface area contributed by atoms with Crippen molar-refractivity contribution in [2.24, 2.45) is 0 Å². The van der Waals surface area contributed by atoms with Crippen LogP contribution in [0.15, 0.2) is 18.2 Å². The maximum Gasteiger partial charge on any atom is 0.161 e. The van der Waals surface area contributed by atoms with Gasteiger partial charge in [-0.1, -0.05) is 19.1 Å². The molecule has 0 heterocycles. The van der Waals surface area contributed by atoms with E-state index < -0.39 is 12.2 Å². The summed E-state index contributed by atoms with van der Waals surface area (Å²) in [7, 11) is 1.50. The first-order valence-corrected chi connectivity index (χ1v) is 6.23. The van der Waals surface area contributed by atoms with E-state index in [0.717, 1.165) is 12.0 Å². The third-order valence-electron chi connectivity index (χ3n) is 3.27. The maximum atomic E-state index is 10.1. The van der Waals surface area contributed by atoms with Gasteiger partial charge >= 0.3 is 0 Å². The first-order valence-electron chi connectivity index (χ1n) is 6.23. The Morgan fingerprint density at radius 3 is 2.44 bits per heavy atom. The lowest BCUT2D eigenvalue weighted by Gasteiger charge is -2.22. The molecule has 3 unspecified atom stereocenters. The van der Waals surface area contributed by atoms with Crippen LogP contribution >= 0.6 is 0 Å². The molecule has 0 aromatic heterocycles. The van der Waals surface area contributed by atoms with Crippen LogP contribution in [-0.4, -0.2) is 34.6 Å². The van der Waals surface area contributed by atoms with Crippen LogP contribution in [0.3, 0.4) is 0 Å². The van der Waals surface area contributed by atoms with Crippen LogP contribution in [0.5, 0.6) is 11.5 Å². The highest BCUT2D eigenvalue weighted by Crippen LogP contribution is 2.37. The van der Waals surface area contributed by atoms with E-state index in [4.69, 9.17) is 4.74 Å². The Kier molecular flexibility index (Phi) is 5.44. The summed E-state index contributed by atoms with van der Waals surface area (Å²) in [5.74, 6) is 0.534. The van der Waals surface area contributed by atoms with E-state index >= 15 is 0 Å². The lowest BCUT2D eigenvalue weighted by atomic mass is 9.89. The molecule has 0 aliphatic heterocycles. The van der Waals surface area contributed by atoms with Crippen LogP contribution < -0.4 is 4.74 Å². The van der Waals surface area contributed by atoms with Gasteiger partial charge in [-0.25, -0.2) is 0 Å². The van der Waals surface area contributed by atoms with Crippen molar-refractivity contribution in [3.05, 3.63) is 23.8 Å². The Labute approximate surface area is 108 Å². The second-order valence-electron chi connectivity index (χ2n) is 4.55. The number of rotatable bonds is 6. The molecule has 1 aromatic carbocycles. The fourth-order valence-corrected chi connectivity index (χ4v) is 2.04. The molecule has 3 atom stereocenters. The summed E-state index contributed by atoms with van der Waals surface area (Å²) in [6, 6.07) is 5.32. The molecule has 0 spiro atoms. The summed E-state index contributed by atoms with van der Waals surface area (Å²) in [4.78, 5) is 0. The molecule has 0 saturated heterocycles. The molecular formula is C14H22O4. The Balaban J connectivity index is 2.95. The summed E-state index contributed by atoms with van der Waals surface area (Å²) < 4.78 is 5.07. The van der Waals surface area contributed by atoms with E-state index in [1.165, 1.54) is 7.11 Å². The van der Waals surface area contributed by atoms with Crippen LogP contribution in [0.25, 0.3) is 0 Å². The number of ether oxygens (including phenoxy) is 1. The number of hydrogen-bond donors (Lipinski definition) is 3. The predicted octanol–water partition coefficient (Wildman–Crippen LogP) is 2.03. The molecule has 0 aliphatic carbocycles. The van der Waals surface area contributed by atoms with Crippen molar-refractivity contribution in [1.82, 2.24) is 0 Å². The largest absolute Gasteiger partial charge is 0.504 e. The van der Waals surface area contributed by atoms with Crippen molar-refractivity contribution in [2.75, 3.05) is 7.11 Å². The fraction of sp³-hybridized carbons (Fsp3) is 0.571. The molecule has 4 heteroatoms. The maximum absolute atomic E-state index is 10.1. The van der Waals surface area contributed by atoms with Gasteiger partial charge in [0.1, 0.15) is 0 Å². The zero-order valence-electron chi connectivity index (χ0n) is 11.1. The molecule has 1 rings (SSSR count). The Morgan fingerprint density at radius 1 is 1.28 bits per heavy atom. The third-order valence-corrected chi connectivity index (χ3v) is 3.27. The van der Waals surface area contributed by atoms with Gasteiger partial charge in [-0.15, -0.1) is 0 Å². The first-order chi connectivity index (χ1) is 8.51. The van der Waals surface area contributed by atoms with Gasteiger partial charge < -0.3 is 20.1 Å². The first kappa shape index (κ1) is 14.8. The van der Waals surface area contributed by atoms with E-state index in [-0.39, 0.29) is 11.7 Å². The zero-order chi connectivity index (χ0) is 13.7. The normalized spacial score (nSPS) is 16.1. The molecule has 0 radical (unpaired) electrons. The topological polar surface area (TPSA) is 69.9 Å². The van der Waals surface area contributed by atoms with Crippen LogP contribution in [0.2, 0.25) is 0 Å². The number of aromatic hydroxyl groups is 1. The lowest BCUT2D eigenvalue weighted by Crippen LogP contribution is -2.24. The van der Waals surface area contributed by atoms with Gasteiger partial charge in [0, 0.05) is 5.56 Å². The molecule has 1 aromatic rings. The van der Waals surface area contributed by atoms with Crippen molar-refractivity contribution in [3.8, 4) is 11.5 Å². The summed E-state index contributed by atoms with van der Waals surface area (Å²) in [5.41, 5.74) is 0.747. The molecule has 18 heavy (non-hydrogen) atoms. The van der Waals surface area contributed by atoms with Crippen LogP contribution in [0.1, 0.15) is 38.2 Å². The minimum absolute atomic E-state index is 0.00954. The Morgan fingerprint density at radius 2 is 1.94 bits per heavy atom. The fourth-order valence-electron chi connectivity index (χ4n) is 2.04. The number of benzene rings is 1. The SMILES string of the molecule is CCC(CC(O)C(C)O)c1cccc(OC)c1O. The molecule has 4 nitrogen and oxygen atoms in total. The lowest BCUT2D eigenvalue weighted by molar-refractivity contribution is 0.0213.